The Hall–Kier alpha value is -2.44. The molecule has 2 aliphatic rings. The first-order valence-corrected chi connectivity index (χ1v) is 10.5. The van der Waals surface area contributed by atoms with Crippen molar-refractivity contribution in [2.24, 2.45) is 0 Å². The first-order valence-electron chi connectivity index (χ1n) is 9.70. The maximum absolute atomic E-state index is 12.0. The predicted molar refractivity (Wildman–Crippen MR) is 112 cm³/mol. The number of benzene rings is 2. The number of fused-ring (bicyclic) bond motifs is 2. The van der Waals surface area contributed by atoms with Gasteiger partial charge in [0, 0.05) is 45.7 Å². The van der Waals surface area contributed by atoms with Crippen LogP contribution in [-0.4, -0.2) is 41.6 Å². The zero-order valence-electron chi connectivity index (χ0n) is 16.2. The molecule has 0 unspecified atom stereocenters. The molecule has 8 heteroatoms. The van der Waals surface area contributed by atoms with Gasteiger partial charge in [0.2, 0.25) is 5.91 Å². The molecule has 2 heterocycles. The van der Waals surface area contributed by atoms with Gasteiger partial charge in [0.05, 0.1) is 6.61 Å². The molecule has 6 nitrogen and oxygen atoms in total. The van der Waals surface area contributed by atoms with Crippen LogP contribution >= 0.6 is 23.2 Å². The maximum Gasteiger partial charge on any atom is 0.312 e. The topological polar surface area (TPSA) is 76.1 Å². The van der Waals surface area contributed by atoms with Crippen molar-refractivity contribution < 1.29 is 24.2 Å². The number of aliphatic carboxylic acids is 1. The van der Waals surface area contributed by atoms with Crippen LogP contribution in [0, 0.1) is 0 Å². The fourth-order valence-corrected chi connectivity index (χ4v) is 4.61. The van der Waals surface area contributed by atoms with Gasteiger partial charge < -0.3 is 19.5 Å². The van der Waals surface area contributed by atoms with Crippen LogP contribution in [0.2, 0.25) is 10.0 Å². The van der Waals surface area contributed by atoms with Crippen molar-refractivity contribution in [3.05, 3.63) is 57.6 Å². The molecule has 0 saturated carbocycles. The Morgan fingerprint density at radius 1 is 1.13 bits per heavy atom. The molecule has 0 radical (unpaired) electrons. The van der Waals surface area contributed by atoms with E-state index in [0.717, 1.165) is 29.7 Å². The van der Waals surface area contributed by atoms with Crippen LogP contribution in [0.4, 0.5) is 0 Å². The van der Waals surface area contributed by atoms with Crippen molar-refractivity contribution in [1.82, 2.24) is 4.90 Å². The van der Waals surface area contributed by atoms with Crippen LogP contribution < -0.4 is 9.47 Å². The van der Waals surface area contributed by atoms with E-state index < -0.39 is 12.4 Å². The van der Waals surface area contributed by atoms with Crippen LogP contribution in [0.25, 0.3) is 0 Å². The van der Waals surface area contributed by atoms with Crippen LogP contribution in [0.15, 0.2) is 36.4 Å². The summed E-state index contributed by atoms with van der Waals surface area (Å²) in [4.78, 5) is 24.4. The number of likely N-dealkylation sites (tertiary alicyclic amines) is 1. The summed E-state index contributed by atoms with van der Waals surface area (Å²) in [5.74, 6) is 0.0119. The SMILES string of the molecule is O=C(O)CC(=O)N1CCC2(CC1)COc1cc(OCc3c(Cl)cccc3Cl)ccc12. The largest absolute Gasteiger partial charge is 0.492 e. The van der Waals surface area contributed by atoms with E-state index in [0.29, 0.717) is 35.5 Å². The molecule has 1 amide bonds. The van der Waals surface area contributed by atoms with Crippen molar-refractivity contribution in [2.75, 3.05) is 19.7 Å². The number of carbonyl (C=O) groups is 2. The first kappa shape index (κ1) is 20.8. The number of piperidine rings is 1. The molecule has 1 saturated heterocycles. The summed E-state index contributed by atoms with van der Waals surface area (Å²) in [7, 11) is 0. The number of carbonyl (C=O) groups excluding carboxylic acids is 1. The molecule has 1 spiro atoms. The Kier molecular flexibility index (Phi) is 5.80. The molecule has 1 fully saturated rings. The van der Waals surface area contributed by atoms with Gasteiger partial charge >= 0.3 is 5.97 Å². The summed E-state index contributed by atoms with van der Waals surface area (Å²) in [6.45, 7) is 1.85. The van der Waals surface area contributed by atoms with Gasteiger partial charge in [-0.3, -0.25) is 9.59 Å². The highest BCUT2D eigenvalue weighted by Gasteiger charge is 2.44. The van der Waals surface area contributed by atoms with Crippen molar-refractivity contribution in [1.29, 1.82) is 0 Å². The number of carboxylic acid groups (broad SMARTS) is 1. The van der Waals surface area contributed by atoms with Crippen LogP contribution in [0.1, 0.15) is 30.4 Å². The highest BCUT2D eigenvalue weighted by molar-refractivity contribution is 6.35. The Morgan fingerprint density at radius 3 is 2.50 bits per heavy atom. The smallest absolute Gasteiger partial charge is 0.312 e. The molecule has 1 N–H and O–H groups in total. The van der Waals surface area contributed by atoms with E-state index in [2.05, 4.69) is 0 Å². The molecule has 30 heavy (non-hydrogen) atoms. The molecule has 0 bridgehead atoms. The molecule has 0 aromatic heterocycles. The summed E-state index contributed by atoms with van der Waals surface area (Å²) in [6, 6.07) is 11.1. The van der Waals surface area contributed by atoms with Gasteiger partial charge in [-0.2, -0.15) is 0 Å². The Bertz CT molecular complexity index is 965. The normalized spacial score (nSPS) is 16.8. The minimum Gasteiger partial charge on any atom is -0.492 e. The first-order chi connectivity index (χ1) is 14.4. The summed E-state index contributed by atoms with van der Waals surface area (Å²) in [5, 5.41) is 9.95. The van der Waals surface area contributed by atoms with Crippen LogP contribution in [0.5, 0.6) is 11.5 Å². The highest BCUT2D eigenvalue weighted by Crippen LogP contribution is 2.46. The quantitative estimate of drug-likeness (QED) is 0.688. The zero-order valence-corrected chi connectivity index (χ0v) is 17.7. The van der Waals surface area contributed by atoms with Gasteiger partial charge in [-0.25, -0.2) is 0 Å². The number of halogens is 2. The summed E-state index contributed by atoms with van der Waals surface area (Å²) < 4.78 is 11.8. The van der Waals surface area contributed by atoms with Crippen molar-refractivity contribution in [3.63, 3.8) is 0 Å². The maximum atomic E-state index is 12.0. The third-order valence-electron chi connectivity index (χ3n) is 5.85. The van der Waals surface area contributed by atoms with Crippen molar-refractivity contribution in [2.45, 2.75) is 31.3 Å². The standard InChI is InChI=1S/C22H21Cl2NO5/c23-17-2-1-3-18(24)15(17)12-29-14-4-5-16-19(10-14)30-13-22(16)6-8-25(9-7-22)20(26)11-21(27)28/h1-5,10H,6-9,11-13H2,(H,27,28). The molecule has 158 valence electrons. The second-order valence-electron chi connectivity index (χ2n) is 7.67. The molecule has 2 aromatic rings. The van der Waals surface area contributed by atoms with E-state index in [1.165, 1.54) is 0 Å². The summed E-state index contributed by atoms with van der Waals surface area (Å²) in [5.41, 5.74) is 1.69. The van der Waals surface area contributed by atoms with Gasteiger partial charge in [0.15, 0.2) is 0 Å². The highest BCUT2D eigenvalue weighted by atomic mass is 35.5. The molecular formula is C22H21Cl2NO5. The number of hydrogen-bond donors (Lipinski definition) is 1. The number of hydrogen-bond acceptors (Lipinski definition) is 4. The molecule has 2 aliphatic heterocycles. The third kappa shape index (κ3) is 4.07. The van der Waals surface area contributed by atoms with Crippen LogP contribution in [-0.2, 0) is 21.6 Å². The third-order valence-corrected chi connectivity index (χ3v) is 6.56. The average Bonchev–Trinajstić information content (AvgIpc) is 3.05. The van der Waals surface area contributed by atoms with Crippen molar-refractivity contribution >= 4 is 35.1 Å². The van der Waals surface area contributed by atoms with E-state index in [4.69, 9.17) is 37.8 Å². The van der Waals surface area contributed by atoms with E-state index in [-0.39, 0.29) is 17.9 Å². The molecule has 0 aliphatic carbocycles. The predicted octanol–water partition coefficient (Wildman–Crippen LogP) is 4.30. The summed E-state index contributed by atoms with van der Waals surface area (Å²) >= 11 is 12.4. The summed E-state index contributed by atoms with van der Waals surface area (Å²) in [6.07, 6.45) is 1.01. The van der Waals surface area contributed by atoms with E-state index in [1.807, 2.05) is 18.2 Å². The lowest BCUT2D eigenvalue weighted by atomic mass is 9.74. The van der Waals surface area contributed by atoms with Crippen LogP contribution in [0.3, 0.4) is 0 Å². The lowest BCUT2D eigenvalue weighted by Crippen LogP contribution is -2.46. The number of ether oxygens (including phenoxy) is 2. The number of rotatable bonds is 5. The van der Waals surface area contributed by atoms with E-state index in [1.54, 1.807) is 23.1 Å². The molecule has 0 atom stereocenters. The van der Waals surface area contributed by atoms with Crippen molar-refractivity contribution in [3.8, 4) is 11.5 Å². The number of carboxylic acids is 1. The van der Waals surface area contributed by atoms with E-state index >= 15 is 0 Å². The Labute approximate surface area is 184 Å². The monoisotopic (exact) mass is 449 g/mol. The zero-order chi connectivity index (χ0) is 21.3. The molecule has 2 aromatic carbocycles. The lowest BCUT2D eigenvalue weighted by molar-refractivity contribution is -0.145. The minimum atomic E-state index is -1.10. The Balaban J connectivity index is 1.43. The molecular weight excluding hydrogens is 429 g/mol. The van der Waals surface area contributed by atoms with Gasteiger partial charge in [-0.15, -0.1) is 0 Å². The minimum absolute atomic E-state index is 0.153. The second-order valence-corrected chi connectivity index (χ2v) is 8.48. The van der Waals surface area contributed by atoms with Gasteiger partial charge in [-0.05, 0) is 31.0 Å². The van der Waals surface area contributed by atoms with Gasteiger partial charge in [-0.1, -0.05) is 35.3 Å². The fraction of sp³-hybridized carbons (Fsp3) is 0.364. The number of nitrogens with zero attached hydrogens (tertiary/aromatic N) is 1. The van der Waals surface area contributed by atoms with Gasteiger partial charge in [0.1, 0.15) is 24.5 Å². The second kappa shape index (κ2) is 8.36. The fourth-order valence-electron chi connectivity index (χ4n) is 4.11. The Morgan fingerprint density at radius 2 is 1.83 bits per heavy atom. The average molecular weight is 450 g/mol. The van der Waals surface area contributed by atoms with E-state index in [9.17, 15) is 9.59 Å². The lowest BCUT2D eigenvalue weighted by Gasteiger charge is -2.38. The number of amides is 1. The van der Waals surface area contributed by atoms with Gasteiger partial charge in [0.25, 0.3) is 0 Å². The molecule has 4 rings (SSSR count).